The van der Waals surface area contributed by atoms with Crippen LogP contribution in [-0.2, 0) is 26.6 Å². The third-order valence-electron chi connectivity index (χ3n) is 7.22. The molecule has 1 aliphatic heterocycles. The fourth-order valence-corrected chi connectivity index (χ4v) is 5.30. The number of hydrogen-bond acceptors (Lipinski definition) is 5. The van der Waals surface area contributed by atoms with Gasteiger partial charge in [-0.1, -0.05) is 36.4 Å². The van der Waals surface area contributed by atoms with E-state index in [9.17, 15) is 5.11 Å². The highest BCUT2D eigenvalue weighted by Gasteiger charge is 2.30. The van der Waals surface area contributed by atoms with Crippen LogP contribution < -0.4 is 4.74 Å². The van der Waals surface area contributed by atoms with E-state index in [1.165, 1.54) is 29.5 Å². The van der Waals surface area contributed by atoms with Crippen molar-refractivity contribution in [1.82, 2.24) is 19.6 Å². The maximum atomic E-state index is 9.89. The molecule has 2 aromatic carbocycles. The van der Waals surface area contributed by atoms with Crippen LogP contribution in [0, 0.1) is 12.8 Å². The van der Waals surface area contributed by atoms with Gasteiger partial charge in [0, 0.05) is 37.9 Å². The predicted octanol–water partition coefficient (Wildman–Crippen LogP) is 4.40. The molecular formula is C28H38N4O2. The average molecular weight is 463 g/mol. The van der Waals surface area contributed by atoms with Crippen molar-refractivity contribution in [3.8, 4) is 11.5 Å². The molecule has 4 rings (SSSR count). The summed E-state index contributed by atoms with van der Waals surface area (Å²) in [6.07, 6.45) is 5.59. The van der Waals surface area contributed by atoms with Crippen LogP contribution in [0.4, 0.5) is 0 Å². The average Bonchev–Trinajstić information content (AvgIpc) is 3.16. The highest BCUT2D eigenvalue weighted by molar-refractivity contribution is 5.41. The number of likely N-dealkylation sites (N-methyl/N-ethyl adjacent to an activating group) is 1. The van der Waals surface area contributed by atoms with Gasteiger partial charge in [0.05, 0.1) is 12.8 Å². The van der Waals surface area contributed by atoms with Gasteiger partial charge in [-0.2, -0.15) is 5.10 Å². The molecule has 182 valence electrons. The molecule has 0 spiro atoms. The van der Waals surface area contributed by atoms with Gasteiger partial charge >= 0.3 is 0 Å². The number of aromatic nitrogens is 2. The molecule has 0 radical (unpaired) electrons. The van der Waals surface area contributed by atoms with Gasteiger partial charge < -0.3 is 9.84 Å². The molecule has 0 unspecified atom stereocenters. The quantitative estimate of drug-likeness (QED) is 0.511. The van der Waals surface area contributed by atoms with Crippen molar-refractivity contribution in [2.24, 2.45) is 13.0 Å². The maximum absolute atomic E-state index is 9.89. The molecule has 1 N–H and O–H groups in total. The number of ether oxygens (including phenoxy) is 1. The van der Waals surface area contributed by atoms with Crippen LogP contribution in [-0.4, -0.2) is 58.0 Å². The van der Waals surface area contributed by atoms with Crippen LogP contribution in [0.5, 0.6) is 11.5 Å². The SMILES string of the molecule is COc1cc(CN2CCC([C@@H](Cc3ccccc3)N(C)Cc3cn(C)nc3C)CC2)ccc1O. The van der Waals surface area contributed by atoms with Crippen LogP contribution in [0.2, 0.25) is 0 Å². The van der Waals surface area contributed by atoms with Gasteiger partial charge in [0.25, 0.3) is 0 Å². The normalized spacial score (nSPS) is 16.1. The van der Waals surface area contributed by atoms with Gasteiger partial charge in [-0.15, -0.1) is 0 Å². The van der Waals surface area contributed by atoms with E-state index < -0.39 is 0 Å². The lowest BCUT2D eigenvalue weighted by Crippen LogP contribution is -2.45. The van der Waals surface area contributed by atoms with Crippen molar-refractivity contribution >= 4 is 0 Å². The van der Waals surface area contributed by atoms with E-state index in [0.29, 0.717) is 17.7 Å². The molecule has 0 amide bonds. The maximum Gasteiger partial charge on any atom is 0.160 e. The molecule has 0 bridgehead atoms. The Labute approximate surface area is 203 Å². The zero-order chi connectivity index (χ0) is 24.1. The molecule has 0 aliphatic carbocycles. The summed E-state index contributed by atoms with van der Waals surface area (Å²) in [5, 5.41) is 14.4. The van der Waals surface area contributed by atoms with Crippen LogP contribution in [0.25, 0.3) is 0 Å². The number of rotatable bonds is 9. The molecule has 6 heteroatoms. The van der Waals surface area contributed by atoms with Crippen molar-refractivity contribution in [2.75, 3.05) is 27.2 Å². The Morgan fingerprint density at radius 1 is 1.12 bits per heavy atom. The Balaban J connectivity index is 1.42. The molecule has 2 heterocycles. The topological polar surface area (TPSA) is 53.8 Å². The number of methoxy groups -OCH3 is 1. The van der Waals surface area contributed by atoms with Crippen LogP contribution in [0.3, 0.4) is 0 Å². The van der Waals surface area contributed by atoms with Gasteiger partial charge in [0.2, 0.25) is 0 Å². The smallest absolute Gasteiger partial charge is 0.160 e. The lowest BCUT2D eigenvalue weighted by atomic mass is 9.84. The summed E-state index contributed by atoms with van der Waals surface area (Å²) in [4.78, 5) is 5.06. The molecule has 3 aromatic rings. The zero-order valence-electron chi connectivity index (χ0n) is 20.9. The van der Waals surface area contributed by atoms with Gasteiger partial charge in [-0.3, -0.25) is 14.5 Å². The number of nitrogens with zero attached hydrogens (tertiary/aromatic N) is 4. The predicted molar refractivity (Wildman–Crippen MR) is 136 cm³/mol. The fourth-order valence-electron chi connectivity index (χ4n) is 5.30. The number of phenols is 1. The van der Waals surface area contributed by atoms with E-state index in [2.05, 4.69) is 65.4 Å². The molecular weight excluding hydrogens is 424 g/mol. The number of piperidine rings is 1. The van der Waals surface area contributed by atoms with Gasteiger partial charge in [-0.05, 0) is 75.5 Å². The first kappa shape index (κ1) is 24.3. The lowest BCUT2D eigenvalue weighted by Gasteiger charge is -2.40. The van der Waals surface area contributed by atoms with E-state index in [1.807, 2.05) is 23.9 Å². The molecule has 6 nitrogen and oxygen atoms in total. The molecule has 1 aliphatic rings. The highest BCUT2D eigenvalue weighted by Crippen LogP contribution is 2.30. The number of benzene rings is 2. The molecule has 34 heavy (non-hydrogen) atoms. The lowest BCUT2D eigenvalue weighted by molar-refractivity contribution is 0.0953. The summed E-state index contributed by atoms with van der Waals surface area (Å²) >= 11 is 0. The van der Waals surface area contributed by atoms with E-state index in [4.69, 9.17) is 4.74 Å². The minimum absolute atomic E-state index is 0.195. The summed E-state index contributed by atoms with van der Waals surface area (Å²) in [7, 11) is 5.87. The summed E-state index contributed by atoms with van der Waals surface area (Å²) in [6.45, 7) is 6.08. The Morgan fingerprint density at radius 2 is 1.85 bits per heavy atom. The first-order valence-electron chi connectivity index (χ1n) is 12.2. The second-order valence-corrected chi connectivity index (χ2v) is 9.71. The summed E-state index contributed by atoms with van der Waals surface area (Å²) in [5.41, 5.74) is 5.01. The number of aryl methyl sites for hydroxylation is 2. The molecule has 1 saturated heterocycles. The molecule has 1 aromatic heterocycles. The largest absolute Gasteiger partial charge is 0.504 e. The number of hydrogen-bond donors (Lipinski definition) is 1. The second kappa shape index (κ2) is 11.1. The minimum Gasteiger partial charge on any atom is -0.504 e. The van der Waals surface area contributed by atoms with Crippen molar-refractivity contribution in [2.45, 2.75) is 45.3 Å². The molecule has 0 saturated carbocycles. The zero-order valence-corrected chi connectivity index (χ0v) is 20.9. The van der Waals surface area contributed by atoms with Gasteiger partial charge in [-0.25, -0.2) is 0 Å². The third kappa shape index (κ3) is 5.99. The Kier molecular flexibility index (Phi) is 7.91. The number of likely N-dealkylation sites (tertiary alicyclic amines) is 1. The fraction of sp³-hybridized carbons (Fsp3) is 0.464. The molecule has 1 fully saturated rings. The number of aromatic hydroxyl groups is 1. The van der Waals surface area contributed by atoms with Crippen LogP contribution >= 0.6 is 0 Å². The van der Waals surface area contributed by atoms with Crippen LogP contribution in [0.15, 0.2) is 54.7 Å². The molecule has 1 atom stereocenters. The van der Waals surface area contributed by atoms with Crippen molar-refractivity contribution < 1.29 is 9.84 Å². The monoisotopic (exact) mass is 462 g/mol. The van der Waals surface area contributed by atoms with Crippen molar-refractivity contribution in [3.05, 3.63) is 77.1 Å². The van der Waals surface area contributed by atoms with Crippen molar-refractivity contribution in [3.63, 3.8) is 0 Å². The Hall–Kier alpha value is -2.83. The van der Waals surface area contributed by atoms with Crippen LogP contribution in [0.1, 0.15) is 35.2 Å². The first-order chi connectivity index (χ1) is 16.4. The second-order valence-electron chi connectivity index (χ2n) is 9.71. The first-order valence-corrected chi connectivity index (χ1v) is 12.2. The van der Waals surface area contributed by atoms with Gasteiger partial charge in [0.15, 0.2) is 11.5 Å². The van der Waals surface area contributed by atoms with Gasteiger partial charge in [0.1, 0.15) is 0 Å². The van der Waals surface area contributed by atoms with Crippen molar-refractivity contribution in [1.29, 1.82) is 0 Å². The Bertz CT molecular complexity index is 1060. The summed E-state index contributed by atoms with van der Waals surface area (Å²) in [5.74, 6) is 1.39. The summed E-state index contributed by atoms with van der Waals surface area (Å²) in [6, 6.07) is 17.0. The van der Waals surface area contributed by atoms with E-state index in [1.54, 1.807) is 13.2 Å². The third-order valence-corrected chi connectivity index (χ3v) is 7.22. The standard InChI is InChI=1S/C28H38N4O2/c1-21-25(20-31(3)29-21)19-30(2)26(16-22-8-6-5-7-9-22)24-12-14-32(15-13-24)18-23-10-11-27(33)28(17-23)34-4/h5-11,17,20,24,26,33H,12-16,18-19H2,1-4H3/t26-/m1/s1. The van der Waals surface area contributed by atoms with E-state index in [-0.39, 0.29) is 5.75 Å². The highest BCUT2D eigenvalue weighted by atomic mass is 16.5. The van der Waals surface area contributed by atoms with E-state index in [0.717, 1.165) is 38.3 Å². The van der Waals surface area contributed by atoms with E-state index >= 15 is 0 Å². The summed E-state index contributed by atoms with van der Waals surface area (Å²) < 4.78 is 7.20. The Morgan fingerprint density at radius 3 is 2.50 bits per heavy atom. The number of phenolic OH excluding ortho intramolecular Hbond substituents is 1. The minimum atomic E-state index is 0.195.